The lowest BCUT2D eigenvalue weighted by atomic mass is 10.0. The highest BCUT2D eigenvalue weighted by atomic mass is 19.1. The van der Waals surface area contributed by atoms with Crippen molar-refractivity contribution in [2.75, 3.05) is 18.5 Å². The van der Waals surface area contributed by atoms with E-state index in [1.54, 1.807) is 33.8 Å². The van der Waals surface area contributed by atoms with Crippen LogP contribution >= 0.6 is 0 Å². The van der Waals surface area contributed by atoms with E-state index < -0.39 is 52.9 Å². The number of amides is 3. The smallest absolute Gasteiger partial charge is 0.408 e. The van der Waals surface area contributed by atoms with Crippen LogP contribution < -0.4 is 16.0 Å². The van der Waals surface area contributed by atoms with Gasteiger partial charge in [-0.3, -0.25) is 9.59 Å². The first kappa shape index (κ1) is 34.7. The molecule has 0 spiro atoms. The fourth-order valence-electron chi connectivity index (χ4n) is 4.09. The maximum atomic E-state index is 14.7. The van der Waals surface area contributed by atoms with Crippen LogP contribution in [0.4, 0.5) is 15.0 Å². The molecule has 2 atom stereocenters. The predicted molar refractivity (Wildman–Crippen MR) is 164 cm³/mol. The van der Waals surface area contributed by atoms with Gasteiger partial charge >= 0.3 is 12.1 Å². The summed E-state index contributed by atoms with van der Waals surface area (Å²) in [5, 5.41) is 7.74. The van der Waals surface area contributed by atoms with Crippen LogP contribution in [-0.4, -0.2) is 63.8 Å². The predicted octanol–water partition coefficient (Wildman–Crippen LogP) is 4.12. The average molecular weight is 626 g/mol. The number of carbonyl (C=O) groups is 4. The van der Waals surface area contributed by atoms with Crippen LogP contribution in [0.1, 0.15) is 58.7 Å². The third-order valence-corrected chi connectivity index (χ3v) is 6.26. The number of benzene rings is 2. The van der Waals surface area contributed by atoms with Gasteiger partial charge in [0, 0.05) is 11.8 Å². The minimum atomic E-state index is -1.46. The van der Waals surface area contributed by atoms with Crippen LogP contribution in [0.3, 0.4) is 0 Å². The number of carbonyl (C=O) groups excluding carboxylic acids is 4. The number of nitrogens with one attached hydrogen (secondary N) is 3. The van der Waals surface area contributed by atoms with Gasteiger partial charge in [-0.25, -0.2) is 19.0 Å². The molecule has 3 aromatic rings. The van der Waals surface area contributed by atoms with Gasteiger partial charge in [0.15, 0.2) is 11.9 Å². The van der Waals surface area contributed by atoms with E-state index in [0.29, 0.717) is 0 Å². The number of hydrogen-bond donors (Lipinski definition) is 3. The molecule has 242 valence electrons. The standard InChI is InChI=1S/C32H40FN5O7/c1-7-44-28(40)26(22-15-11-12-16-23(22)33)38-17-25(34-20-38)36-27(39)24(19-43-18-21-13-9-8-10-14-21)35-29(41)32(5,6)37-30(42)45-31(2,3)4/h8-17,20,24,26H,7,18-19H2,1-6H3,(H,35,41)(H,36,39)(H,37,42). The summed E-state index contributed by atoms with van der Waals surface area (Å²) in [6, 6.07) is 12.6. The highest BCUT2D eigenvalue weighted by molar-refractivity contribution is 5.98. The molecule has 12 nitrogen and oxygen atoms in total. The molecule has 1 heterocycles. The molecule has 3 rings (SSSR count). The van der Waals surface area contributed by atoms with Gasteiger partial charge in [-0.2, -0.15) is 0 Å². The Balaban J connectivity index is 1.79. The fraction of sp³-hybridized carbons (Fsp3) is 0.406. The van der Waals surface area contributed by atoms with Crippen molar-refractivity contribution in [2.45, 2.75) is 71.4 Å². The Bertz CT molecular complexity index is 1470. The van der Waals surface area contributed by atoms with Crippen molar-refractivity contribution in [3.05, 3.63) is 84.1 Å². The van der Waals surface area contributed by atoms with Crippen molar-refractivity contribution in [1.82, 2.24) is 20.2 Å². The highest BCUT2D eigenvalue weighted by Crippen LogP contribution is 2.24. The van der Waals surface area contributed by atoms with Crippen LogP contribution in [0.5, 0.6) is 0 Å². The van der Waals surface area contributed by atoms with Gasteiger partial charge in [0.25, 0.3) is 5.91 Å². The average Bonchev–Trinajstić information content (AvgIpc) is 3.40. The first-order chi connectivity index (χ1) is 21.2. The summed E-state index contributed by atoms with van der Waals surface area (Å²) in [7, 11) is 0. The monoisotopic (exact) mass is 625 g/mol. The van der Waals surface area contributed by atoms with Crippen molar-refractivity contribution in [2.24, 2.45) is 0 Å². The first-order valence-electron chi connectivity index (χ1n) is 14.4. The van der Waals surface area contributed by atoms with E-state index in [2.05, 4.69) is 20.9 Å². The lowest BCUT2D eigenvalue weighted by Crippen LogP contribution is -2.59. The molecular weight excluding hydrogens is 585 g/mol. The summed E-state index contributed by atoms with van der Waals surface area (Å²) in [6.45, 7) is 9.65. The molecule has 0 bridgehead atoms. The van der Waals surface area contributed by atoms with E-state index in [4.69, 9.17) is 14.2 Å². The SMILES string of the molecule is CCOC(=O)C(c1ccccc1F)n1cnc(NC(=O)C(COCc2ccccc2)NC(=O)C(C)(C)NC(=O)OC(C)(C)C)c1. The first-order valence-corrected chi connectivity index (χ1v) is 14.4. The van der Waals surface area contributed by atoms with Gasteiger partial charge < -0.3 is 34.7 Å². The van der Waals surface area contributed by atoms with E-state index >= 15 is 0 Å². The number of ether oxygens (including phenoxy) is 3. The molecule has 3 amide bonds. The van der Waals surface area contributed by atoms with Crippen molar-refractivity contribution < 1.29 is 37.8 Å². The number of anilines is 1. The largest absolute Gasteiger partial charge is 0.464 e. The molecule has 2 unspecified atom stereocenters. The Morgan fingerprint density at radius 2 is 1.64 bits per heavy atom. The van der Waals surface area contributed by atoms with Gasteiger partial charge in [-0.1, -0.05) is 48.5 Å². The van der Waals surface area contributed by atoms with Crippen LogP contribution in [0.25, 0.3) is 0 Å². The Hall–Kier alpha value is -4.78. The number of esters is 1. The quantitative estimate of drug-likeness (QED) is 0.240. The molecule has 0 aliphatic carbocycles. The second kappa shape index (κ2) is 15.3. The molecule has 0 saturated carbocycles. The fourth-order valence-corrected chi connectivity index (χ4v) is 4.09. The summed E-state index contributed by atoms with van der Waals surface area (Å²) in [4.78, 5) is 56.0. The van der Waals surface area contributed by atoms with Crippen LogP contribution in [0, 0.1) is 5.82 Å². The van der Waals surface area contributed by atoms with Gasteiger partial charge in [0.1, 0.15) is 23.0 Å². The maximum Gasteiger partial charge on any atom is 0.408 e. The molecule has 0 fully saturated rings. The zero-order valence-electron chi connectivity index (χ0n) is 26.3. The molecule has 13 heteroatoms. The minimum absolute atomic E-state index is 0.0269. The normalized spacial score (nSPS) is 12.9. The third kappa shape index (κ3) is 10.4. The molecule has 0 aliphatic rings. The van der Waals surface area contributed by atoms with Gasteiger partial charge in [-0.05, 0) is 53.2 Å². The number of nitrogens with zero attached hydrogens (tertiary/aromatic N) is 2. The van der Waals surface area contributed by atoms with E-state index in [1.807, 2.05) is 30.3 Å². The Morgan fingerprint density at radius 1 is 0.978 bits per heavy atom. The second-order valence-corrected chi connectivity index (χ2v) is 11.7. The summed E-state index contributed by atoms with van der Waals surface area (Å²) in [5.74, 6) is -2.66. The van der Waals surface area contributed by atoms with E-state index in [1.165, 1.54) is 49.1 Å². The third-order valence-electron chi connectivity index (χ3n) is 6.26. The number of hydrogen-bond acceptors (Lipinski definition) is 8. The Kier molecular flexibility index (Phi) is 11.8. The zero-order chi connectivity index (χ0) is 33.2. The van der Waals surface area contributed by atoms with Crippen molar-refractivity contribution in [3.63, 3.8) is 0 Å². The second-order valence-electron chi connectivity index (χ2n) is 11.7. The minimum Gasteiger partial charge on any atom is -0.464 e. The number of aromatic nitrogens is 2. The summed E-state index contributed by atoms with van der Waals surface area (Å²) < 4.78 is 32.2. The summed E-state index contributed by atoms with van der Waals surface area (Å²) in [6.07, 6.45) is 1.81. The number of rotatable bonds is 13. The van der Waals surface area contributed by atoms with Crippen molar-refractivity contribution in [3.8, 4) is 0 Å². The highest BCUT2D eigenvalue weighted by Gasteiger charge is 2.35. The zero-order valence-corrected chi connectivity index (χ0v) is 26.3. The molecule has 3 N–H and O–H groups in total. The van der Waals surface area contributed by atoms with Crippen molar-refractivity contribution >= 4 is 29.7 Å². The lowest BCUT2D eigenvalue weighted by molar-refractivity contribution is -0.145. The van der Waals surface area contributed by atoms with E-state index in [0.717, 1.165) is 5.56 Å². The summed E-state index contributed by atoms with van der Waals surface area (Å²) in [5.41, 5.74) is -1.34. The number of imidazole rings is 1. The molecular formula is C32H40FN5O7. The Labute approximate surface area is 261 Å². The molecule has 1 aromatic heterocycles. The van der Waals surface area contributed by atoms with Gasteiger partial charge in [0.2, 0.25) is 5.91 Å². The van der Waals surface area contributed by atoms with Gasteiger partial charge in [0.05, 0.1) is 26.1 Å². The lowest BCUT2D eigenvalue weighted by Gasteiger charge is -2.29. The van der Waals surface area contributed by atoms with Crippen LogP contribution in [0.15, 0.2) is 67.1 Å². The molecule has 0 radical (unpaired) electrons. The van der Waals surface area contributed by atoms with Gasteiger partial charge in [-0.15, -0.1) is 0 Å². The molecule has 2 aromatic carbocycles. The topological polar surface area (TPSA) is 150 Å². The van der Waals surface area contributed by atoms with E-state index in [9.17, 15) is 23.6 Å². The van der Waals surface area contributed by atoms with E-state index in [-0.39, 0.29) is 31.2 Å². The van der Waals surface area contributed by atoms with Crippen LogP contribution in [0.2, 0.25) is 0 Å². The summed E-state index contributed by atoms with van der Waals surface area (Å²) >= 11 is 0. The molecule has 0 aliphatic heterocycles. The van der Waals surface area contributed by atoms with Crippen LogP contribution in [-0.2, 0) is 35.2 Å². The Morgan fingerprint density at radius 3 is 2.29 bits per heavy atom. The number of halogens is 1. The maximum absolute atomic E-state index is 14.7. The van der Waals surface area contributed by atoms with Crippen molar-refractivity contribution in [1.29, 1.82) is 0 Å². The molecule has 0 saturated heterocycles. The molecule has 45 heavy (non-hydrogen) atoms. The number of alkyl carbamates (subject to hydrolysis) is 1.